The number of carbonyl (C=O) groups excluding carboxylic acids is 1. The summed E-state index contributed by atoms with van der Waals surface area (Å²) in [6, 6.07) is 23.7. The summed E-state index contributed by atoms with van der Waals surface area (Å²) < 4.78 is 60.6. The molecule has 0 N–H and O–H groups in total. The molecule has 7 heteroatoms. The van der Waals surface area contributed by atoms with Crippen molar-refractivity contribution >= 4 is 17.2 Å². The van der Waals surface area contributed by atoms with Crippen LogP contribution in [0.5, 0.6) is 5.75 Å². The third-order valence-electron chi connectivity index (χ3n) is 6.02. The number of hydrogen-bond acceptors (Lipinski definition) is 3. The molecule has 1 aromatic heterocycles. The zero-order valence-electron chi connectivity index (χ0n) is 19.3. The number of rotatable bonds is 6. The molecule has 0 spiro atoms. The lowest BCUT2D eigenvalue weighted by atomic mass is 9.90. The van der Waals surface area contributed by atoms with E-state index < -0.39 is 11.7 Å². The molecule has 0 radical (unpaired) electrons. The zero-order chi connectivity index (χ0) is 26.0. The summed E-state index contributed by atoms with van der Waals surface area (Å²) in [5.41, 5.74) is 2.29. The molecule has 4 aromatic carbocycles. The molecular formula is C30H19F4NO2. The van der Waals surface area contributed by atoms with Crippen LogP contribution in [0.4, 0.5) is 17.6 Å². The second kappa shape index (κ2) is 9.85. The van der Waals surface area contributed by atoms with Crippen LogP contribution in [0.2, 0.25) is 0 Å². The average molecular weight is 501 g/mol. The van der Waals surface area contributed by atoms with Crippen LogP contribution in [0, 0.1) is 5.82 Å². The Morgan fingerprint density at radius 1 is 0.838 bits per heavy atom. The van der Waals surface area contributed by atoms with Crippen LogP contribution in [0.15, 0.2) is 97.2 Å². The predicted molar refractivity (Wildman–Crippen MR) is 134 cm³/mol. The van der Waals surface area contributed by atoms with Crippen LogP contribution in [0.1, 0.15) is 21.5 Å². The van der Waals surface area contributed by atoms with Gasteiger partial charge in [-0.05, 0) is 47.0 Å². The molecule has 0 aliphatic carbocycles. The largest absolute Gasteiger partial charge is 0.489 e. The maximum absolute atomic E-state index is 13.8. The summed E-state index contributed by atoms with van der Waals surface area (Å²) in [6.45, 7) is 0.180. The molecule has 0 aliphatic rings. The number of nitrogens with zero attached hydrogens (tertiary/aromatic N) is 1. The Morgan fingerprint density at radius 2 is 1.59 bits per heavy atom. The van der Waals surface area contributed by atoms with E-state index in [1.54, 1.807) is 66.7 Å². The highest BCUT2D eigenvalue weighted by Gasteiger charge is 2.34. The smallest absolute Gasteiger partial charge is 0.418 e. The number of hydrogen-bond donors (Lipinski definition) is 0. The molecule has 5 aromatic rings. The Balaban J connectivity index is 1.68. The summed E-state index contributed by atoms with van der Waals surface area (Å²) in [4.78, 5) is 16.0. The van der Waals surface area contributed by atoms with Gasteiger partial charge in [-0.25, -0.2) is 4.39 Å². The van der Waals surface area contributed by atoms with E-state index in [2.05, 4.69) is 4.98 Å². The van der Waals surface area contributed by atoms with Crippen molar-refractivity contribution in [1.82, 2.24) is 4.98 Å². The van der Waals surface area contributed by atoms with Gasteiger partial charge >= 0.3 is 6.18 Å². The van der Waals surface area contributed by atoms with Gasteiger partial charge in [-0.15, -0.1) is 0 Å². The van der Waals surface area contributed by atoms with Crippen molar-refractivity contribution in [3.05, 3.63) is 120 Å². The third kappa shape index (κ3) is 4.93. The molecule has 0 aliphatic heterocycles. The summed E-state index contributed by atoms with van der Waals surface area (Å²) in [5.74, 6) is 0.130. The van der Waals surface area contributed by atoms with Gasteiger partial charge in [-0.1, -0.05) is 60.7 Å². The van der Waals surface area contributed by atoms with Crippen molar-refractivity contribution in [3.8, 4) is 28.0 Å². The van der Waals surface area contributed by atoms with Crippen LogP contribution in [0.25, 0.3) is 33.2 Å². The van der Waals surface area contributed by atoms with Gasteiger partial charge in [0.1, 0.15) is 18.2 Å². The minimum atomic E-state index is -4.59. The lowest BCUT2D eigenvalue weighted by molar-refractivity contribution is -0.136. The van der Waals surface area contributed by atoms with Crippen LogP contribution in [0.3, 0.4) is 0 Å². The molecular weight excluding hydrogens is 482 g/mol. The number of alkyl halides is 3. The van der Waals surface area contributed by atoms with Crippen LogP contribution in [-0.4, -0.2) is 11.3 Å². The third-order valence-corrected chi connectivity index (χ3v) is 6.02. The first kappa shape index (κ1) is 24.2. The number of aromatic nitrogens is 1. The molecule has 1 heterocycles. The first-order chi connectivity index (χ1) is 17.8. The quantitative estimate of drug-likeness (QED) is 0.174. The van der Waals surface area contributed by atoms with Crippen molar-refractivity contribution in [2.75, 3.05) is 0 Å². The number of carbonyl (C=O) groups is 1. The normalized spacial score (nSPS) is 11.5. The van der Waals surface area contributed by atoms with Gasteiger partial charge in [0.25, 0.3) is 0 Å². The van der Waals surface area contributed by atoms with E-state index in [4.69, 9.17) is 4.74 Å². The summed E-state index contributed by atoms with van der Waals surface area (Å²) in [7, 11) is 0. The second-order valence-electron chi connectivity index (χ2n) is 8.39. The van der Waals surface area contributed by atoms with E-state index in [-0.39, 0.29) is 17.9 Å². The lowest BCUT2D eigenvalue weighted by Crippen LogP contribution is -2.07. The Kier molecular flexibility index (Phi) is 6.44. The van der Waals surface area contributed by atoms with Crippen LogP contribution < -0.4 is 4.74 Å². The minimum absolute atomic E-state index is 0.180. The first-order valence-electron chi connectivity index (χ1n) is 11.4. The molecule has 0 amide bonds. The fraction of sp³-hybridized carbons (Fsp3) is 0.0667. The predicted octanol–water partition coefficient (Wildman–Crippen LogP) is 8.12. The van der Waals surface area contributed by atoms with E-state index >= 15 is 0 Å². The lowest BCUT2D eigenvalue weighted by Gasteiger charge is -2.18. The molecule has 184 valence electrons. The Morgan fingerprint density at radius 3 is 2.35 bits per heavy atom. The van der Waals surface area contributed by atoms with Gasteiger partial charge in [-0.2, -0.15) is 13.2 Å². The van der Waals surface area contributed by atoms with Gasteiger partial charge in [-0.3, -0.25) is 9.78 Å². The highest BCUT2D eigenvalue weighted by atomic mass is 19.4. The number of para-hydroxylation sites is 1. The number of aldehydes is 1. The van der Waals surface area contributed by atoms with E-state index in [0.29, 0.717) is 45.2 Å². The number of halogens is 4. The summed E-state index contributed by atoms with van der Waals surface area (Å²) in [5, 5.41) is 0.295. The Labute approximate surface area is 210 Å². The minimum Gasteiger partial charge on any atom is -0.489 e. The molecule has 37 heavy (non-hydrogen) atoms. The molecule has 0 saturated carbocycles. The van der Waals surface area contributed by atoms with E-state index in [9.17, 15) is 22.4 Å². The van der Waals surface area contributed by atoms with Crippen molar-refractivity contribution in [2.45, 2.75) is 12.8 Å². The van der Waals surface area contributed by atoms with Crippen molar-refractivity contribution in [1.29, 1.82) is 0 Å². The van der Waals surface area contributed by atoms with Gasteiger partial charge in [0.15, 0.2) is 6.29 Å². The highest BCUT2D eigenvalue weighted by molar-refractivity contribution is 6.05. The topological polar surface area (TPSA) is 39.2 Å². The highest BCUT2D eigenvalue weighted by Crippen LogP contribution is 2.42. The maximum atomic E-state index is 13.8. The number of benzene rings is 4. The van der Waals surface area contributed by atoms with Crippen LogP contribution >= 0.6 is 0 Å². The molecule has 0 unspecified atom stereocenters. The van der Waals surface area contributed by atoms with Gasteiger partial charge in [0, 0.05) is 28.3 Å². The maximum Gasteiger partial charge on any atom is 0.418 e. The van der Waals surface area contributed by atoms with E-state index in [1.807, 2.05) is 0 Å². The average Bonchev–Trinajstić information content (AvgIpc) is 2.91. The Bertz CT molecular complexity index is 1590. The summed E-state index contributed by atoms with van der Waals surface area (Å²) in [6.07, 6.45) is -2.51. The van der Waals surface area contributed by atoms with Gasteiger partial charge < -0.3 is 4.74 Å². The number of ether oxygens (including phenoxy) is 1. The van der Waals surface area contributed by atoms with Crippen LogP contribution in [-0.2, 0) is 12.8 Å². The first-order valence-corrected chi connectivity index (χ1v) is 11.4. The molecule has 0 saturated heterocycles. The van der Waals surface area contributed by atoms with Crippen molar-refractivity contribution < 1.29 is 27.1 Å². The standard InChI is InChI=1S/C30H19F4NO2/c31-22-13-11-19(12-14-22)18-37-23-7-3-6-20(15-23)28-25-9-4-10-27(30(32,33)34)29(25)35-16-26(28)24-8-2-1-5-21(24)17-36/h1-17H,18H2. The fourth-order valence-corrected chi connectivity index (χ4v) is 4.30. The van der Waals surface area contributed by atoms with E-state index in [0.717, 1.165) is 11.6 Å². The molecule has 0 atom stereocenters. The number of fused-ring (bicyclic) bond motifs is 1. The van der Waals surface area contributed by atoms with Crippen molar-refractivity contribution in [3.63, 3.8) is 0 Å². The monoisotopic (exact) mass is 501 g/mol. The summed E-state index contributed by atoms with van der Waals surface area (Å²) >= 11 is 0. The molecule has 0 bridgehead atoms. The second-order valence-corrected chi connectivity index (χ2v) is 8.39. The molecule has 5 rings (SSSR count). The van der Waals surface area contributed by atoms with Gasteiger partial charge in [0.2, 0.25) is 0 Å². The Hall–Kier alpha value is -4.52. The molecule has 3 nitrogen and oxygen atoms in total. The number of pyridine rings is 1. The SMILES string of the molecule is O=Cc1ccccc1-c1cnc2c(C(F)(F)F)cccc2c1-c1cccc(OCc2ccc(F)cc2)c1. The van der Waals surface area contributed by atoms with Crippen molar-refractivity contribution in [2.24, 2.45) is 0 Å². The van der Waals surface area contributed by atoms with Gasteiger partial charge in [0.05, 0.1) is 11.1 Å². The molecule has 0 fully saturated rings. The van der Waals surface area contributed by atoms with E-state index in [1.165, 1.54) is 24.4 Å². The fourth-order valence-electron chi connectivity index (χ4n) is 4.30. The zero-order valence-corrected chi connectivity index (χ0v) is 19.3.